The van der Waals surface area contributed by atoms with Crippen LogP contribution in [0.25, 0.3) is 0 Å². The molecule has 4 nitrogen and oxygen atoms in total. The number of rotatable bonds is 4. The highest BCUT2D eigenvalue weighted by Gasteiger charge is 2.28. The molecule has 0 amide bonds. The van der Waals surface area contributed by atoms with E-state index in [1.807, 2.05) is 6.92 Å². The lowest BCUT2D eigenvalue weighted by Gasteiger charge is -2.11. The Bertz CT molecular complexity index is 361. The van der Waals surface area contributed by atoms with Crippen LogP contribution in [-0.2, 0) is 0 Å². The first kappa shape index (κ1) is 10.2. The molecule has 2 rings (SSSR count). The van der Waals surface area contributed by atoms with Crippen LogP contribution in [0.2, 0.25) is 0 Å². The zero-order chi connectivity index (χ0) is 10.8. The lowest BCUT2D eigenvalue weighted by Crippen LogP contribution is -2.07. The Kier molecular flexibility index (Phi) is 2.75. The van der Waals surface area contributed by atoms with Crippen molar-refractivity contribution in [2.45, 2.75) is 32.6 Å². The van der Waals surface area contributed by atoms with E-state index < -0.39 is 0 Å². The van der Waals surface area contributed by atoms with E-state index in [4.69, 9.17) is 4.74 Å². The number of hydrogen-bond acceptors (Lipinski definition) is 4. The van der Waals surface area contributed by atoms with Crippen molar-refractivity contribution in [1.82, 2.24) is 9.97 Å². The van der Waals surface area contributed by atoms with Crippen LogP contribution in [0.5, 0.6) is 5.88 Å². The topological polar surface area (TPSA) is 47.0 Å². The van der Waals surface area contributed by atoms with Gasteiger partial charge in [-0.3, -0.25) is 0 Å². The van der Waals surface area contributed by atoms with Crippen molar-refractivity contribution < 1.29 is 4.74 Å². The second kappa shape index (κ2) is 4.04. The van der Waals surface area contributed by atoms with Crippen molar-refractivity contribution in [2.75, 3.05) is 19.0 Å². The zero-order valence-electron chi connectivity index (χ0n) is 9.50. The lowest BCUT2D eigenvalue weighted by molar-refractivity contribution is 0.391. The third-order valence-corrected chi connectivity index (χ3v) is 2.60. The van der Waals surface area contributed by atoms with Crippen LogP contribution in [0, 0.1) is 6.92 Å². The number of ether oxygens (including phenoxy) is 1. The van der Waals surface area contributed by atoms with Crippen LogP contribution in [0.15, 0.2) is 0 Å². The third kappa shape index (κ3) is 2.03. The van der Waals surface area contributed by atoms with Crippen molar-refractivity contribution in [2.24, 2.45) is 0 Å². The van der Waals surface area contributed by atoms with Crippen molar-refractivity contribution in [1.29, 1.82) is 0 Å². The van der Waals surface area contributed by atoms with E-state index in [2.05, 4.69) is 22.2 Å². The van der Waals surface area contributed by atoms with Gasteiger partial charge in [0.1, 0.15) is 11.6 Å². The summed E-state index contributed by atoms with van der Waals surface area (Å²) in [7, 11) is 1.65. The summed E-state index contributed by atoms with van der Waals surface area (Å²) in [5.74, 6) is 3.08. The summed E-state index contributed by atoms with van der Waals surface area (Å²) in [6, 6.07) is 0. The standard InChI is InChI=1S/C11H17N3O/c1-4-12-9-7(2)11(15-3)14-10(13-9)8-5-6-8/h8H,4-6H2,1-3H3,(H,12,13,14). The maximum atomic E-state index is 5.26. The van der Waals surface area contributed by atoms with Gasteiger partial charge in [-0.25, -0.2) is 4.98 Å². The quantitative estimate of drug-likeness (QED) is 0.821. The SMILES string of the molecule is CCNc1nc(C2CC2)nc(OC)c1C. The van der Waals surface area contributed by atoms with Gasteiger partial charge < -0.3 is 10.1 Å². The number of hydrogen-bond donors (Lipinski definition) is 1. The summed E-state index contributed by atoms with van der Waals surface area (Å²) in [6.45, 7) is 4.91. The molecule has 0 bridgehead atoms. The molecule has 0 atom stereocenters. The molecule has 15 heavy (non-hydrogen) atoms. The van der Waals surface area contributed by atoms with Crippen LogP contribution in [-0.4, -0.2) is 23.6 Å². The number of aromatic nitrogens is 2. The summed E-state index contributed by atoms with van der Waals surface area (Å²) in [5.41, 5.74) is 0.990. The number of nitrogens with one attached hydrogen (secondary N) is 1. The molecule has 1 heterocycles. The van der Waals surface area contributed by atoms with Gasteiger partial charge in [0.25, 0.3) is 0 Å². The average molecular weight is 207 g/mol. The molecule has 0 aromatic carbocycles. The van der Waals surface area contributed by atoms with Gasteiger partial charge in [-0.05, 0) is 26.7 Å². The molecule has 82 valence electrons. The first-order chi connectivity index (χ1) is 7.26. The van der Waals surface area contributed by atoms with Crippen LogP contribution in [0.1, 0.15) is 37.1 Å². The molecule has 4 heteroatoms. The highest BCUT2D eigenvalue weighted by Crippen LogP contribution is 2.39. The van der Waals surface area contributed by atoms with E-state index in [9.17, 15) is 0 Å². The van der Waals surface area contributed by atoms with E-state index in [-0.39, 0.29) is 0 Å². The van der Waals surface area contributed by atoms with E-state index in [0.717, 1.165) is 23.8 Å². The first-order valence-corrected chi connectivity index (χ1v) is 5.42. The maximum absolute atomic E-state index is 5.26. The number of anilines is 1. The molecular formula is C11H17N3O. The van der Waals surface area contributed by atoms with Gasteiger partial charge in [0.05, 0.1) is 12.7 Å². The molecular weight excluding hydrogens is 190 g/mol. The van der Waals surface area contributed by atoms with E-state index in [0.29, 0.717) is 11.8 Å². The minimum atomic E-state index is 0.553. The highest BCUT2D eigenvalue weighted by atomic mass is 16.5. The molecule has 0 spiro atoms. The second-order valence-electron chi connectivity index (χ2n) is 3.87. The molecule has 0 radical (unpaired) electrons. The Morgan fingerprint density at radius 3 is 2.67 bits per heavy atom. The van der Waals surface area contributed by atoms with Crippen molar-refractivity contribution in [3.8, 4) is 5.88 Å². The van der Waals surface area contributed by atoms with E-state index >= 15 is 0 Å². The average Bonchev–Trinajstić information content (AvgIpc) is 3.05. The fourth-order valence-corrected chi connectivity index (χ4v) is 1.57. The van der Waals surface area contributed by atoms with Gasteiger partial charge >= 0.3 is 0 Å². The molecule has 1 saturated carbocycles. The van der Waals surface area contributed by atoms with Crippen molar-refractivity contribution in [3.63, 3.8) is 0 Å². The van der Waals surface area contributed by atoms with Gasteiger partial charge in [0.15, 0.2) is 0 Å². The number of methoxy groups -OCH3 is 1. The third-order valence-electron chi connectivity index (χ3n) is 2.60. The predicted molar refractivity (Wildman–Crippen MR) is 59.5 cm³/mol. The molecule has 1 fully saturated rings. The largest absolute Gasteiger partial charge is 0.481 e. The lowest BCUT2D eigenvalue weighted by atomic mass is 10.3. The van der Waals surface area contributed by atoms with E-state index in [1.165, 1.54) is 12.8 Å². The molecule has 0 unspecified atom stereocenters. The monoisotopic (exact) mass is 207 g/mol. The molecule has 1 aliphatic carbocycles. The summed E-state index contributed by atoms with van der Waals surface area (Å²) >= 11 is 0. The fourth-order valence-electron chi connectivity index (χ4n) is 1.57. The minimum Gasteiger partial charge on any atom is -0.481 e. The highest BCUT2D eigenvalue weighted by molar-refractivity contribution is 5.48. The Hall–Kier alpha value is -1.32. The molecule has 1 aliphatic rings. The van der Waals surface area contributed by atoms with Gasteiger partial charge in [-0.1, -0.05) is 0 Å². The summed E-state index contributed by atoms with van der Waals surface area (Å²) in [4.78, 5) is 8.95. The Morgan fingerprint density at radius 2 is 2.13 bits per heavy atom. The molecule has 1 N–H and O–H groups in total. The Labute approximate surface area is 90.1 Å². The van der Waals surface area contributed by atoms with Gasteiger partial charge in [-0.2, -0.15) is 4.98 Å². The first-order valence-electron chi connectivity index (χ1n) is 5.42. The normalized spacial score (nSPS) is 15.1. The zero-order valence-corrected chi connectivity index (χ0v) is 9.50. The summed E-state index contributed by atoms with van der Waals surface area (Å²) in [5, 5.41) is 3.24. The number of nitrogens with zero attached hydrogens (tertiary/aromatic N) is 2. The summed E-state index contributed by atoms with van der Waals surface area (Å²) in [6.07, 6.45) is 2.41. The van der Waals surface area contributed by atoms with Crippen LogP contribution < -0.4 is 10.1 Å². The minimum absolute atomic E-state index is 0.553. The second-order valence-corrected chi connectivity index (χ2v) is 3.87. The van der Waals surface area contributed by atoms with Gasteiger partial charge in [0.2, 0.25) is 5.88 Å². The van der Waals surface area contributed by atoms with Crippen molar-refractivity contribution in [3.05, 3.63) is 11.4 Å². The maximum Gasteiger partial charge on any atom is 0.221 e. The van der Waals surface area contributed by atoms with Crippen molar-refractivity contribution >= 4 is 5.82 Å². The van der Waals surface area contributed by atoms with E-state index in [1.54, 1.807) is 7.11 Å². The van der Waals surface area contributed by atoms with Crippen LogP contribution in [0.3, 0.4) is 0 Å². The Morgan fingerprint density at radius 1 is 1.40 bits per heavy atom. The smallest absolute Gasteiger partial charge is 0.221 e. The van der Waals surface area contributed by atoms with Gasteiger partial charge in [0, 0.05) is 12.5 Å². The van der Waals surface area contributed by atoms with Crippen LogP contribution in [0.4, 0.5) is 5.82 Å². The fraction of sp³-hybridized carbons (Fsp3) is 0.636. The predicted octanol–water partition coefficient (Wildman–Crippen LogP) is 2.10. The Balaban J connectivity index is 2.37. The molecule has 1 aromatic heterocycles. The molecule has 0 aliphatic heterocycles. The molecule has 1 aromatic rings. The summed E-state index contributed by atoms with van der Waals surface area (Å²) < 4.78 is 5.26. The van der Waals surface area contributed by atoms with Gasteiger partial charge in [-0.15, -0.1) is 0 Å². The van der Waals surface area contributed by atoms with Crippen LogP contribution >= 0.6 is 0 Å². The molecule has 0 saturated heterocycles.